The molecule has 2 atom stereocenters. The first-order valence-electron chi connectivity index (χ1n) is 9.85. The first-order valence-corrected chi connectivity index (χ1v) is 9.85. The van der Waals surface area contributed by atoms with Gasteiger partial charge in [-0.05, 0) is 63.8 Å². The van der Waals surface area contributed by atoms with E-state index in [1.807, 2.05) is 49.4 Å². The minimum Gasteiger partial charge on any atom is -0.388 e. The van der Waals surface area contributed by atoms with E-state index in [0.717, 1.165) is 29.8 Å². The van der Waals surface area contributed by atoms with Crippen molar-refractivity contribution in [2.24, 2.45) is 5.92 Å². The summed E-state index contributed by atoms with van der Waals surface area (Å²) in [5.41, 5.74) is 2.29. The van der Waals surface area contributed by atoms with Crippen molar-refractivity contribution in [1.29, 1.82) is 0 Å². The van der Waals surface area contributed by atoms with Crippen molar-refractivity contribution in [2.45, 2.75) is 59.1 Å². The van der Waals surface area contributed by atoms with Crippen LogP contribution in [0, 0.1) is 17.8 Å². The Kier molecular flexibility index (Phi) is 7.37. The van der Waals surface area contributed by atoms with Crippen molar-refractivity contribution in [1.82, 2.24) is 10.3 Å². The number of rotatable bonds is 5. The molecule has 28 heavy (non-hydrogen) atoms. The Morgan fingerprint density at radius 1 is 1.29 bits per heavy atom. The summed E-state index contributed by atoms with van der Waals surface area (Å²) >= 11 is 0. The molecular formula is C24H30N2O2. The Hall–Kier alpha value is -2.64. The number of pyridine rings is 1. The van der Waals surface area contributed by atoms with E-state index in [2.05, 4.69) is 29.1 Å². The van der Waals surface area contributed by atoms with Crippen molar-refractivity contribution >= 4 is 5.91 Å². The second-order valence-electron chi connectivity index (χ2n) is 7.58. The third kappa shape index (κ3) is 5.94. The minimum atomic E-state index is -0.981. The summed E-state index contributed by atoms with van der Waals surface area (Å²) in [6.07, 6.45) is 9.36. The van der Waals surface area contributed by atoms with Crippen LogP contribution in [0.2, 0.25) is 0 Å². The molecule has 4 nitrogen and oxygen atoms in total. The molecule has 1 heterocycles. The molecule has 0 radical (unpaired) electrons. The van der Waals surface area contributed by atoms with Gasteiger partial charge in [0.05, 0.1) is 11.6 Å². The van der Waals surface area contributed by atoms with Gasteiger partial charge in [-0.3, -0.25) is 4.79 Å². The summed E-state index contributed by atoms with van der Waals surface area (Å²) < 4.78 is 0. The third-order valence-corrected chi connectivity index (χ3v) is 4.96. The summed E-state index contributed by atoms with van der Waals surface area (Å²) in [4.78, 5) is 17.2. The van der Waals surface area contributed by atoms with Gasteiger partial charge in [-0.2, -0.15) is 0 Å². The summed E-state index contributed by atoms with van der Waals surface area (Å²) in [5, 5.41) is 13.0. The van der Waals surface area contributed by atoms with Gasteiger partial charge in [0.2, 0.25) is 5.91 Å². The highest BCUT2D eigenvalue weighted by molar-refractivity contribution is 5.95. The van der Waals surface area contributed by atoms with E-state index >= 15 is 0 Å². The zero-order valence-corrected chi connectivity index (χ0v) is 17.4. The van der Waals surface area contributed by atoms with Crippen LogP contribution in [0.1, 0.15) is 52.4 Å². The van der Waals surface area contributed by atoms with Crippen LogP contribution in [0.3, 0.4) is 0 Å². The predicted molar refractivity (Wildman–Crippen MR) is 113 cm³/mol. The molecule has 0 saturated heterocycles. The number of aryl methyl sites for hydroxylation is 1. The van der Waals surface area contributed by atoms with Gasteiger partial charge in [-0.25, -0.2) is 4.98 Å². The number of amides is 1. The molecule has 2 unspecified atom stereocenters. The number of nitrogens with zero attached hydrogens (tertiary/aromatic N) is 1. The normalized spacial score (nSPS) is 17.6. The van der Waals surface area contributed by atoms with Crippen LogP contribution >= 0.6 is 0 Å². The highest BCUT2D eigenvalue weighted by Gasteiger charge is 2.26. The van der Waals surface area contributed by atoms with E-state index in [-0.39, 0.29) is 17.9 Å². The third-order valence-electron chi connectivity index (χ3n) is 4.96. The largest absolute Gasteiger partial charge is 0.388 e. The van der Waals surface area contributed by atoms with Crippen molar-refractivity contribution in [3.05, 3.63) is 65.0 Å². The summed E-state index contributed by atoms with van der Waals surface area (Å²) in [7, 11) is 0. The summed E-state index contributed by atoms with van der Waals surface area (Å²) in [6.45, 7) is 9.29. The van der Waals surface area contributed by atoms with Crippen LogP contribution in [0.5, 0.6) is 0 Å². The molecule has 148 valence electrons. The van der Waals surface area contributed by atoms with Gasteiger partial charge in [0.1, 0.15) is 5.69 Å². The number of carbonyl (C=O) groups is 1. The molecule has 0 saturated carbocycles. The molecule has 0 aromatic carbocycles. The van der Waals surface area contributed by atoms with Crippen LogP contribution in [0.25, 0.3) is 0 Å². The van der Waals surface area contributed by atoms with Crippen LogP contribution < -0.4 is 5.32 Å². The molecule has 2 rings (SSSR count). The Morgan fingerprint density at radius 3 is 2.68 bits per heavy atom. The zero-order valence-electron chi connectivity index (χ0n) is 17.4. The molecule has 0 aliphatic heterocycles. The zero-order chi connectivity index (χ0) is 20.7. The topological polar surface area (TPSA) is 62.2 Å². The molecule has 1 amide bonds. The van der Waals surface area contributed by atoms with Gasteiger partial charge in [0, 0.05) is 22.8 Å². The van der Waals surface area contributed by atoms with Crippen LogP contribution in [-0.2, 0) is 11.2 Å². The highest BCUT2D eigenvalue weighted by atomic mass is 16.3. The van der Waals surface area contributed by atoms with Gasteiger partial charge < -0.3 is 10.4 Å². The SMILES string of the molecule is CCc1cccc(C#CC2=CC=C(C(=O)NC(C)C(C)(C)O)C(CC)C=C2)n1. The predicted octanol–water partition coefficient (Wildman–Crippen LogP) is 3.72. The first-order chi connectivity index (χ1) is 13.2. The number of hydrogen-bond donors (Lipinski definition) is 2. The van der Waals surface area contributed by atoms with E-state index in [9.17, 15) is 9.90 Å². The maximum atomic E-state index is 12.7. The molecule has 1 aromatic rings. The van der Waals surface area contributed by atoms with Gasteiger partial charge in [-0.15, -0.1) is 0 Å². The summed E-state index contributed by atoms with van der Waals surface area (Å²) in [5.74, 6) is 6.09. The molecule has 2 N–H and O–H groups in total. The molecule has 0 fully saturated rings. The fourth-order valence-corrected chi connectivity index (χ4v) is 2.70. The lowest BCUT2D eigenvalue weighted by Crippen LogP contribution is -2.48. The Balaban J connectivity index is 2.24. The van der Waals surface area contributed by atoms with Crippen LogP contribution in [0.4, 0.5) is 0 Å². The van der Waals surface area contributed by atoms with E-state index < -0.39 is 5.60 Å². The fourth-order valence-electron chi connectivity index (χ4n) is 2.70. The van der Waals surface area contributed by atoms with Crippen LogP contribution in [-0.4, -0.2) is 27.6 Å². The van der Waals surface area contributed by atoms with Crippen LogP contribution in [0.15, 0.2) is 53.6 Å². The standard InChI is InChI=1S/C24H30N2O2/c1-6-19-14-11-18(12-15-21-10-8-9-20(7-2)26-21)13-16-22(19)23(27)25-17(3)24(4,5)28/h8-11,13-14,16-17,19,28H,6-7H2,1-5H3,(H,25,27). The minimum absolute atomic E-state index is 0.00565. The fraction of sp³-hybridized carbons (Fsp3) is 0.417. The van der Waals surface area contributed by atoms with Gasteiger partial charge in [0.25, 0.3) is 0 Å². The average Bonchev–Trinajstić information content (AvgIpc) is 2.87. The molecule has 0 bridgehead atoms. The van der Waals surface area contributed by atoms with E-state index in [1.54, 1.807) is 20.8 Å². The summed E-state index contributed by atoms with van der Waals surface area (Å²) in [6, 6.07) is 5.50. The molecule has 4 heteroatoms. The van der Waals surface area contributed by atoms with Crippen molar-refractivity contribution < 1.29 is 9.90 Å². The number of hydrogen-bond acceptors (Lipinski definition) is 3. The van der Waals surface area contributed by atoms with Crippen molar-refractivity contribution in [3.8, 4) is 11.8 Å². The second-order valence-corrected chi connectivity index (χ2v) is 7.58. The lowest BCUT2D eigenvalue weighted by atomic mass is 9.94. The van der Waals surface area contributed by atoms with E-state index in [4.69, 9.17) is 0 Å². The monoisotopic (exact) mass is 378 g/mol. The lowest BCUT2D eigenvalue weighted by molar-refractivity contribution is -0.120. The van der Waals surface area contributed by atoms with Crippen molar-refractivity contribution in [3.63, 3.8) is 0 Å². The van der Waals surface area contributed by atoms with Gasteiger partial charge >= 0.3 is 0 Å². The van der Waals surface area contributed by atoms with Gasteiger partial charge in [0.15, 0.2) is 0 Å². The molecular weight excluding hydrogens is 348 g/mol. The Labute approximate surface area is 168 Å². The molecule has 1 aliphatic carbocycles. The number of allylic oxidation sites excluding steroid dienone is 5. The van der Waals surface area contributed by atoms with E-state index in [1.165, 1.54) is 0 Å². The molecule has 1 aliphatic rings. The molecule has 1 aromatic heterocycles. The van der Waals surface area contributed by atoms with E-state index in [0.29, 0.717) is 5.57 Å². The quantitative estimate of drug-likeness (QED) is 0.768. The maximum absolute atomic E-state index is 12.7. The highest BCUT2D eigenvalue weighted by Crippen LogP contribution is 2.22. The number of nitrogens with one attached hydrogen (secondary N) is 1. The first kappa shape index (κ1) is 21.7. The van der Waals surface area contributed by atoms with Crippen molar-refractivity contribution in [2.75, 3.05) is 0 Å². The maximum Gasteiger partial charge on any atom is 0.248 e. The van der Waals surface area contributed by atoms with Gasteiger partial charge in [-0.1, -0.05) is 38.0 Å². The Morgan fingerprint density at radius 2 is 2.04 bits per heavy atom. The number of carbonyl (C=O) groups excluding carboxylic acids is 1. The second kappa shape index (κ2) is 9.52. The Bertz CT molecular complexity index is 861. The lowest BCUT2D eigenvalue weighted by Gasteiger charge is -2.27. The molecule has 0 spiro atoms. The smallest absolute Gasteiger partial charge is 0.248 e. The average molecular weight is 379 g/mol. The number of aromatic nitrogens is 1. The number of aliphatic hydroxyl groups is 1.